The summed E-state index contributed by atoms with van der Waals surface area (Å²) in [5.41, 5.74) is 1.78. The van der Waals surface area contributed by atoms with E-state index >= 15 is 0 Å². The minimum absolute atomic E-state index is 0.138. The summed E-state index contributed by atoms with van der Waals surface area (Å²) in [4.78, 5) is 12.3. The van der Waals surface area contributed by atoms with Crippen LogP contribution in [0.3, 0.4) is 0 Å². The van der Waals surface area contributed by atoms with Gasteiger partial charge in [0.1, 0.15) is 16.9 Å². The van der Waals surface area contributed by atoms with Gasteiger partial charge >= 0.3 is 0 Å². The molecular formula is C30H36N2O3. The zero-order chi connectivity index (χ0) is 24.5. The molecule has 1 N–H and O–H groups in total. The van der Waals surface area contributed by atoms with Crippen molar-refractivity contribution in [3.63, 3.8) is 0 Å². The Balaban J connectivity index is 1.12. The fraction of sp³-hybridized carbons (Fsp3) is 0.533. The molecule has 5 rings (SSSR count). The maximum Gasteiger partial charge on any atom is 0.240 e. The van der Waals surface area contributed by atoms with Gasteiger partial charge in [-0.25, -0.2) is 0 Å². The van der Waals surface area contributed by atoms with Gasteiger partial charge in [0.15, 0.2) is 0 Å². The van der Waals surface area contributed by atoms with E-state index in [9.17, 15) is 10.1 Å². The molecule has 0 aliphatic heterocycles. The van der Waals surface area contributed by atoms with Crippen LogP contribution in [-0.2, 0) is 11.2 Å². The number of nitriles is 1. The minimum atomic E-state index is -0.794. The highest BCUT2D eigenvalue weighted by Crippen LogP contribution is 2.45. The molecule has 3 aliphatic carbocycles. The molecule has 0 aromatic heterocycles. The third-order valence-corrected chi connectivity index (χ3v) is 7.93. The standard InChI is InChI=1S/C30H36N2O3/c1-21(32-28(33)30(20-31)14-15-30)24-8-10-25(11-9-24)35-27-12-13-29(2,18-27)17-23-4-3-5-26(16-23)34-19-22-6-7-22/h3-5,8-11,16,21-22,27H,6-7,12-15,17-19H2,1-2H3,(H,32,33). The summed E-state index contributed by atoms with van der Waals surface area (Å²) in [6.07, 6.45) is 8.41. The lowest BCUT2D eigenvalue weighted by atomic mass is 9.82. The summed E-state index contributed by atoms with van der Waals surface area (Å²) < 4.78 is 12.3. The number of carbonyl (C=O) groups is 1. The van der Waals surface area contributed by atoms with Gasteiger partial charge in [-0.3, -0.25) is 4.79 Å². The first-order chi connectivity index (χ1) is 16.9. The van der Waals surface area contributed by atoms with E-state index < -0.39 is 5.41 Å². The molecule has 3 fully saturated rings. The van der Waals surface area contributed by atoms with Crippen LogP contribution in [0, 0.1) is 28.1 Å². The van der Waals surface area contributed by atoms with E-state index in [1.165, 1.54) is 18.4 Å². The molecular weight excluding hydrogens is 436 g/mol. The zero-order valence-corrected chi connectivity index (χ0v) is 20.9. The van der Waals surface area contributed by atoms with Crippen LogP contribution in [-0.4, -0.2) is 18.6 Å². The van der Waals surface area contributed by atoms with Gasteiger partial charge < -0.3 is 14.8 Å². The van der Waals surface area contributed by atoms with E-state index in [0.29, 0.717) is 12.8 Å². The Morgan fingerprint density at radius 1 is 1.11 bits per heavy atom. The number of amides is 1. The highest BCUT2D eigenvalue weighted by atomic mass is 16.5. The van der Waals surface area contributed by atoms with Gasteiger partial charge in [0.2, 0.25) is 5.91 Å². The van der Waals surface area contributed by atoms with Gasteiger partial charge in [-0.05, 0) is 105 Å². The van der Waals surface area contributed by atoms with Crippen molar-refractivity contribution in [1.29, 1.82) is 5.26 Å². The van der Waals surface area contributed by atoms with E-state index in [0.717, 1.165) is 55.3 Å². The normalized spacial score (nSPS) is 25.3. The maximum absolute atomic E-state index is 12.3. The van der Waals surface area contributed by atoms with Gasteiger partial charge in [0, 0.05) is 0 Å². The lowest BCUT2D eigenvalue weighted by Gasteiger charge is -2.25. The summed E-state index contributed by atoms with van der Waals surface area (Å²) >= 11 is 0. The van der Waals surface area contributed by atoms with E-state index in [1.807, 2.05) is 31.2 Å². The van der Waals surface area contributed by atoms with Gasteiger partial charge in [0.05, 0.1) is 24.8 Å². The number of nitrogens with zero attached hydrogens (tertiary/aromatic N) is 1. The smallest absolute Gasteiger partial charge is 0.240 e. The molecule has 5 nitrogen and oxygen atoms in total. The van der Waals surface area contributed by atoms with Crippen molar-refractivity contribution in [3.8, 4) is 17.6 Å². The highest BCUT2D eigenvalue weighted by Gasteiger charge is 2.50. The molecule has 35 heavy (non-hydrogen) atoms. The Morgan fingerprint density at radius 2 is 1.89 bits per heavy atom. The number of carbonyl (C=O) groups excluding carboxylic acids is 1. The Bertz CT molecular complexity index is 1100. The topological polar surface area (TPSA) is 71.4 Å². The van der Waals surface area contributed by atoms with E-state index in [1.54, 1.807) is 0 Å². The monoisotopic (exact) mass is 472 g/mol. The third-order valence-electron chi connectivity index (χ3n) is 7.93. The van der Waals surface area contributed by atoms with Gasteiger partial charge in [-0.2, -0.15) is 5.26 Å². The molecule has 184 valence electrons. The predicted molar refractivity (Wildman–Crippen MR) is 135 cm³/mol. The first-order valence-electron chi connectivity index (χ1n) is 13.1. The number of benzene rings is 2. The third kappa shape index (κ3) is 5.81. The molecule has 5 heteroatoms. The molecule has 0 saturated heterocycles. The van der Waals surface area contributed by atoms with Crippen LogP contribution >= 0.6 is 0 Å². The highest BCUT2D eigenvalue weighted by molar-refractivity contribution is 5.88. The van der Waals surface area contributed by atoms with Gasteiger partial charge in [-0.1, -0.05) is 31.2 Å². The molecule has 0 radical (unpaired) electrons. The van der Waals surface area contributed by atoms with Crippen LogP contribution in [0.5, 0.6) is 11.5 Å². The first kappa shape index (κ1) is 23.7. The van der Waals surface area contributed by atoms with Crippen molar-refractivity contribution in [3.05, 3.63) is 59.7 Å². The molecule has 1 amide bonds. The van der Waals surface area contributed by atoms with Crippen LogP contribution in [0.25, 0.3) is 0 Å². The Morgan fingerprint density at radius 3 is 2.57 bits per heavy atom. The number of hydrogen-bond acceptors (Lipinski definition) is 4. The average molecular weight is 473 g/mol. The van der Waals surface area contributed by atoms with Crippen LogP contribution in [0.1, 0.15) is 76.0 Å². The largest absolute Gasteiger partial charge is 0.493 e. The molecule has 2 aromatic rings. The summed E-state index contributed by atoms with van der Waals surface area (Å²) in [6, 6.07) is 18.6. The number of nitrogens with one attached hydrogen (secondary N) is 1. The van der Waals surface area contributed by atoms with Crippen LogP contribution in [0.15, 0.2) is 48.5 Å². The molecule has 3 saturated carbocycles. The lowest BCUT2D eigenvalue weighted by Crippen LogP contribution is -2.33. The Hall–Kier alpha value is -3.00. The Kier molecular flexibility index (Phi) is 6.49. The van der Waals surface area contributed by atoms with Crippen molar-refractivity contribution in [2.24, 2.45) is 16.7 Å². The van der Waals surface area contributed by atoms with E-state index in [4.69, 9.17) is 9.47 Å². The van der Waals surface area contributed by atoms with Crippen LogP contribution < -0.4 is 14.8 Å². The average Bonchev–Trinajstić information content (AvgIpc) is 3.77. The van der Waals surface area contributed by atoms with Crippen LogP contribution in [0.4, 0.5) is 0 Å². The minimum Gasteiger partial charge on any atom is -0.493 e. The molecule has 3 atom stereocenters. The number of ether oxygens (including phenoxy) is 2. The summed E-state index contributed by atoms with van der Waals surface area (Å²) in [5, 5.41) is 12.2. The Labute approximate surface area is 208 Å². The van der Waals surface area contributed by atoms with Crippen molar-refractivity contribution in [1.82, 2.24) is 5.32 Å². The van der Waals surface area contributed by atoms with Gasteiger partial charge in [-0.15, -0.1) is 0 Å². The number of rotatable bonds is 10. The predicted octanol–water partition coefficient (Wildman–Crippen LogP) is 6.14. The molecule has 2 aromatic carbocycles. The second kappa shape index (κ2) is 9.57. The second-order valence-corrected chi connectivity index (χ2v) is 11.3. The first-order valence-corrected chi connectivity index (χ1v) is 13.1. The maximum atomic E-state index is 12.3. The van der Waals surface area contributed by atoms with Crippen molar-refractivity contribution in [2.45, 2.75) is 77.4 Å². The second-order valence-electron chi connectivity index (χ2n) is 11.3. The zero-order valence-electron chi connectivity index (χ0n) is 20.9. The van der Waals surface area contributed by atoms with E-state index in [2.05, 4.69) is 42.6 Å². The fourth-order valence-corrected chi connectivity index (χ4v) is 5.22. The summed E-state index contributed by atoms with van der Waals surface area (Å²) in [6.45, 7) is 5.17. The summed E-state index contributed by atoms with van der Waals surface area (Å²) in [7, 11) is 0. The lowest BCUT2D eigenvalue weighted by molar-refractivity contribution is -0.125. The van der Waals surface area contributed by atoms with Crippen molar-refractivity contribution in [2.75, 3.05) is 6.61 Å². The number of hydrogen-bond donors (Lipinski definition) is 1. The summed E-state index contributed by atoms with van der Waals surface area (Å²) in [5.74, 6) is 2.47. The molecule has 3 unspecified atom stereocenters. The van der Waals surface area contributed by atoms with Crippen LogP contribution in [0.2, 0.25) is 0 Å². The molecule has 0 bridgehead atoms. The molecule has 3 aliphatic rings. The van der Waals surface area contributed by atoms with Crippen molar-refractivity contribution < 1.29 is 14.3 Å². The SMILES string of the molecule is CC(NC(=O)C1(C#N)CC1)c1ccc(OC2CCC(C)(Cc3cccc(OCC4CC4)c3)C2)cc1. The van der Waals surface area contributed by atoms with E-state index in [-0.39, 0.29) is 23.5 Å². The fourth-order valence-electron chi connectivity index (χ4n) is 5.22. The molecule has 0 spiro atoms. The quantitative estimate of drug-likeness (QED) is 0.451. The van der Waals surface area contributed by atoms with Gasteiger partial charge in [0.25, 0.3) is 0 Å². The molecule has 0 heterocycles. The van der Waals surface area contributed by atoms with Crippen molar-refractivity contribution >= 4 is 5.91 Å².